The van der Waals surface area contributed by atoms with E-state index in [2.05, 4.69) is 32.0 Å². The fraction of sp³-hybridized carbons (Fsp3) is 0.250. The molecule has 2 aromatic heterocycles. The maximum atomic E-state index is 12.8. The Morgan fingerprint density at radius 3 is 2.79 bits per heavy atom. The van der Waals surface area contributed by atoms with Crippen LogP contribution >= 0.6 is 11.8 Å². The standard InChI is InChI=1S/C20H22N6O2S/c1-5-9-25-13(2)10-18(14(25)3)19(28)12-29-20-22-23-24-26(20)17-8-6-7-16(11-17)21-15(4)27/h5-8,10-11H,1,9,12H2,2-4H3,(H,21,27). The Bertz CT molecular complexity index is 1070. The Morgan fingerprint density at radius 2 is 2.07 bits per heavy atom. The normalized spacial score (nSPS) is 10.7. The van der Waals surface area contributed by atoms with Crippen LogP contribution in [0.1, 0.15) is 28.7 Å². The molecule has 0 atom stereocenters. The third-order valence-corrected chi connectivity index (χ3v) is 5.29. The summed E-state index contributed by atoms with van der Waals surface area (Å²) in [7, 11) is 0. The maximum absolute atomic E-state index is 12.8. The molecule has 0 aliphatic carbocycles. The molecule has 0 saturated heterocycles. The molecule has 3 aromatic rings. The summed E-state index contributed by atoms with van der Waals surface area (Å²) in [5.41, 5.74) is 3.99. The second kappa shape index (κ2) is 8.87. The van der Waals surface area contributed by atoms with Crippen LogP contribution in [0.25, 0.3) is 5.69 Å². The quantitative estimate of drug-likeness (QED) is 0.348. The minimum Gasteiger partial charge on any atom is -0.345 e. The van der Waals surface area contributed by atoms with Gasteiger partial charge in [0.25, 0.3) is 0 Å². The van der Waals surface area contributed by atoms with Gasteiger partial charge in [0.2, 0.25) is 11.1 Å². The van der Waals surface area contributed by atoms with E-state index in [4.69, 9.17) is 0 Å². The molecule has 0 fully saturated rings. The van der Waals surface area contributed by atoms with E-state index in [-0.39, 0.29) is 17.4 Å². The van der Waals surface area contributed by atoms with Gasteiger partial charge in [0.05, 0.1) is 11.4 Å². The molecule has 1 N–H and O–H groups in total. The van der Waals surface area contributed by atoms with Gasteiger partial charge >= 0.3 is 0 Å². The highest BCUT2D eigenvalue weighted by molar-refractivity contribution is 7.99. The molecular weight excluding hydrogens is 388 g/mol. The lowest BCUT2D eigenvalue weighted by molar-refractivity contribution is -0.114. The number of benzene rings is 1. The number of carbonyl (C=O) groups is 2. The highest BCUT2D eigenvalue weighted by Gasteiger charge is 2.17. The van der Waals surface area contributed by atoms with E-state index in [0.717, 1.165) is 11.4 Å². The molecule has 2 heterocycles. The number of thioether (sulfide) groups is 1. The number of rotatable bonds is 8. The Morgan fingerprint density at radius 1 is 1.28 bits per heavy atom. The van der Waals surface area contributed by atoms with Gasteiger partial charge in [-0.1, -0.05) is 23.9 Å². The van der Waals surface area contributed by atoms with Crippen LogP contribution in [0.3, 0.4) is 0 Å². The number of aryl methyl sites for hydroxylation is 1. The molecule has 0 unspecified atom stereocenters. The van der Waals surface area contributed by atoms with Gasteiger partial charge in [-0.3, -0.25) is 9.59 Å². The highest BCUT2D eigenvalue weighted by atomic mass is 32.2. The van der Waals surface area contributed by atoms with Gasteiger partial charge in [0.1, 0.15) is 0 Å². The largest absolute Gasteiger partial charge is 0.345 e. The smallest absolute Gasteiger partial charge is 0.221 e. The van der Waals surface area contributed by atoms with E-state index in [1.54, 1.807) is 22.9 Å². The van der Waals surface area contributed by atoms with Gasteiger partial charge in [-0.2, -0.15) is 4.68 Å². The maximum Gasteiger partial charge on any atom is 0.221 e. The number of aromatic nitrogens is 5. The van der Waals surface area contributed by atoms with Crippen LogP contribution in [0.15, 0.2) is 48.1 Å². The minimum atomic E-state index is -0.159. The predicted octanol–water partition coefficient (Wildman–Crippen LogP) is 3.20. The molecule has 0 aliphatic heterocycles. The lowest BCUT2D eigenvalue weighted by atomic mass is 10.2. The fourth-order valence-electron chi connectivity index (χ4n) is 3.05. The van der Waals surface area contributed by atoms with E-state index in [9.17, 15) is 9.59 Å². The number of anilines is 1. The summed E-state index contributed by atoms with van der Waals surface area (Å²) >= 11 is 1.27. The molecule has 8 nitrogen and oxygen atoms in total. The number of ketones is 1. The van der Waals surface area contributed by atoms with E-state index < -0.39 is 0 Å². The first-order chi connectivity index (χ1) is 13.9. The van der Waals surface area contributed by atoms with Crippen molar-refractivity contribution in [3.63, 3.8) is 0 Å². The lowest BCUT2D eigenvalue weighted by Crippen LogP contribution is -2.08. The van der Waals surface area contributed by atoms with Crippen molar-refractivity contribution >= 4 is 29.1 Å². The number of carbonyl (C=O) groups excluding carboxylic acids is 2. The number of allylic oxidation sites excluding steroid dienone is 1. The summed E-state index contributed by atoms with van der Waals surface area (Å²) in [4.78, 5) is 24.0. The third-order valence-electron chi connectivity index (χ3n) is 4.37. The number of hydrogen-bond acceptors (Lipinski definition) is 6. The zero-order chi connectivity index (χ0) is 21.0. The van der Waals surface area contributed by atoms with Crippen LogP contribution < -0.4 is 5.32 Å². The first-order valence-corrected chi connectivity index (χ1v) is 9.99. The van der Waals surface area contributed by atoms with Crippen molar-refractivity contribution in [3.05, 3.63) is 59.9 Å². The predicted molar refractivity (Wildman–Crippen MR) is 113 cm³/mol. The van der Waals surface area contributed by atoms with Crippen molar-refractivity contribution in [1.29, 1.82) is 0 Å². The van der Waals surface area contributed by atoms with Crippen LogP contribution in [0, 0.1) is 13.8 Å². The molecule has 0 saturated carbocycles. The van der Waals surface area contributed by atoms with E-state index in [1.807, 2.05) is 32.1 Å². The lowest BCUT2D eigenvalue weighted by Gasteiger charge is -2.07. The zero-order valence-electron chi connectivity index (χ0n) is 16.5. The number of amides is 1. The van der Waals surface area contributed by atoms with E-state index >= 15 is 0 Å². The SMILES string of the molecule is C=CCn1c(C)cc(C(=O)CSc2nnnn2-c2cccc(NC(C)=O)c2)c1C. The van der Waals surface area contributed by atoms with Gasteiger partial charge < -0.3 is 9.88 Å². The molecule has 0 bridgehead atoms. The summed E-state index contributed by atoms with van der Waals surface area (Å²) < 4.78 is 3.60. The third kappa shape index (κ3) is 4.62. The molecule has 0 aliphatic rings. The molecule has 29 heavy (non-hydrogen) atoms. The van der Waals surface area contributed by atoms with Crippen LogP contribution in [0.2, 0.25) is 0 Å². The Hall–Kier alpha value is -3.20. The second-order valence-corrected chi connectivity index (χ2v) is 7.44. The minimum absolute atomic E-state index is 0.0139. The first kappa shape index (κ1) is 20.5. The van der Waals surface area contributed by atoms with Crippen molar-refractivity contribution in [2.45, 2.75) is 32.5 Å². The number of tetrazole rings is 1. The van der Waals surface area contributed by atoms with Crippen LogP contribution in [-0.2, 0) is 11.3 Å². The topological polar surface area (TPSA) is 94.7 Å². The average Bonchev–Trinajstić information content (AvgIpc) is 3.26. The van der Waals surface area contributed by atoms with E-state index in [0.29, 0.717) is 28.6 Å². The van der Waals surface area contributed by atoms with Gasteiger partial charge in [-0.15, -0.1) is 11.7 Å². The summed E-state index contributed by atoms with van der Waals surface area (Å²) in [6.07, 6.45) is 1.81. The molecule has 0 spiro atoms. The van der Waals surface area contributed by atoms with Gasteiger partial charge in [-0.25, -0.2) is 0 Å². The Kier molecular flexibility index (Phi) is 6.28. The van der Waals surface area contributed by atoms with Crippen LogP contribution in [-0.4, -0.2) is 42.2 Å². The van der Waals surface area contributed by atoms with Gasteiger partial charge in [0.15, 0.2) is 5.78 Å². The first-order valence-electron chi connectivity index (χ1n) is 9.00. The van der Waals surface area contributed by atoms with Gasteiger partial charge in [0, 0.05) is 36.1 Å². The molecular formula is C20H22N6O2S. The molecule has 9 heteroatoms. The van der Waals surface area contributed by atoms with Crippen molar-refractivity contribution in [2.75, 3.05) is 11.1 Å². The molecule has 150 valence electrons. The number of nitrogens with zero attached hydrogens (tertiary/aromatic N) is 5. The number of nitrogens with one attached hydrogen (secondary N) is 1. The number of Topliss-reactive ketones (excluding diaryl/α,β-unsaturated/α-hetero) is 1. The molecule has 0 radical (unpaired) electrons. The monoisotopic (exact) mass is 410 g/mol. The average molecular weight is 411 g/mol. The highest BCUT2D eigenvalue weighted by Crippen LogP contribution is 2.23. The second-order valence-electron chi connectivity index (χ2n) is 6.50. The Labute approximate surface area is 173 Å². The summed E-state index contributed by atoms with van der Waals surface area (Å²) in [5, 5.41) is 15.0. The van der Waals surface area contributed by atoms with Crippen molar-refractivity contribution in [3.8, 4) is 5.69 Å². The number of hydrogen-bond donors (Lipinski definition) is 1. The summed E-state index contributed by atoms with van der Waals surface area (Å²) in [6, 6.07) is 9.09. The van der Waals surface area contributed by atoms with E-state index in [1.165, 1.54) is 18.7 Å². The summed E-state index contributed by atoms with van der Waals surface area (Å²) in [6.45, 7) is 9.79. The molecule has 3 rings (SSSR count). The van der Waals surface area contributed by atoms with Crippen molar-refractivity contribution < 1.29 is 9.59 Å². The van der Waals surface area contributed by atoms with Gasteiger partial charge in [-0.05, 0) is 48.5 Å². The van der Waals surface area contributed by atoms with Crippen LogP contribution in [0.4, 0.5) is 5.69 Å². The van der Waals surface area contributed by atoms with Crippen molar-refractivity contribution in [2.24, 2.45) is 0 Å². The molecule has 1 amide bonds. The molecule has 1 aromatic carbocycles. The fourth-order valence-corrected chi connectivity index (χ4v) is 3.83. The zero-order valence-corrected chi connectivity index (χ0v) is 17.4. The van der Waals surface area contributed by atoms with Crippen molar-refractivity contribution in [1.82, 2.24) is 24.8 Å². The Balaban J connectivity index is 1.76. The van der Waals surface area contributed by atoms with Crippen LogP contribution in [0.5, 0.6) is 0 Å². The summed E-state index contributed by atoms with van der Waals surface area (Å²) in [5.74, 6) is 0.0671.